The maximum atomic E-state index is 12.0. The molecule has 1 atom stereocenters. The second-order valence-electron chi connectivity index (χ2n) is 5.12. The monoisotopic (exact) mass is 334 g/mol. The van der Waals surface area contributed by atoms with Crippen molar-refractivity contribution >= 4 is 21.8 Å². The average Bonchev–Trinajstić information content (AvgIpc) is 3.16. The number of aromatic nitrogens is 3. The lowest BCUT2D eigenvalue weighted by Crippen LogP contribution is -2.34. The van der Waals surface area contributed by atoms with Gasteiger partial charge in [0.1, 0.15) is 0 Å². The van der Waals surface area contributed by atoms with Gasteiger partial charge in [-0.1, -0.05) is 28.1 Å². The number of H-pyrrole nitrogens is 1. The van der Waals surface area contributed by atoms with Crippen molar-refractivity contribution in [2.75, 3.05) is 0 Å². The molecule has 0 spiro atoms. The number of hydrogen-bond acceptors (Lipinski definition) is 3. The smallest absolute Gasteiger partial charge is 0.291 e. The normalized spacial score (nSPS) is 15.9. The van der Waals surface area contributed by atoms with Crippen LogP contribution in [0.25, 0.3) is 11.4 Å². The van der Waals surface area contributed by atoms with Gasteiger partial charge in [-0.2, -0.15) is 0 Å². The summed E-state index contributed by atoms with van der Waals surface area (Å²) in [5.74, 6) is 1.17. The average molecular weight is 335 g/mol. The third-order valence-corrected chi connectivity index (χ3v) is 3.97. The highest BCUT2D eigenvalue weighted by Gasteiger charge is 2.29. The molecular formula is C14H15BrN4O. The highest BCUT2D eigenvalue weighted by molar-refractivity contribution is 9.10. The number of hydrogen-bond donors (Lipinski definition) is 2. The molecule has 5 nitrogen and oxygen atoms in total. The molecule has 1 aliphatic carbocycles. The van der Waals surface area contributed by atoms with Crippen molar-refractivity contribution < 1.29 is 4.79 Å². The Morgan fingerprint density at radius 2 is 2.30 bits per heavy atom. The standard InChI is InChI=1S/C14H15BrN4O/c1-8(9-5-6-9)16-14(20)13-17-12(18-19-13)10-3-2-4-11(15)7-10/h2-4,7-9H,5-6H2,1H3,(H,16,20)(H,17,18,19)/t8-/m0/s1. The van der Waals surface area contributed by atoms with E-state index in [9.17, 15) is 4.79 Å². The number of nitrogens with one attached hydrogen (secondary N) is 2. The molecule has 1 amide bonds. The van der Waals surface area contributed by atoms with Crippen LogP contribution in [0.4, 0.5) is 0 Å². The van der Waals surface area contributed by atoms with Crippen LogP contribution in [-0.4, -0.2) is 27.1 Å². The van der Waals surface area contributed by atoms with E-state index >= 15 is 0 Å². The number of carbonyl (C=O) groups excluding carboxylic acids is 1. The first-order chi connectivity index (χ1) is 9.63. The molecule has 20 heavy (non-hydrogen) atoms. The van der Waals surface area contributed by atoms with E-state index in [2.05, 4.69) is 36.4 Å². The van der Waals surface area contributed by atoms with Crippen molar-refractivity contribution in [2.45, 2.75) is 25.8 Å². The Morgan fingerprint density at radius 1 is 1.50 bits per heavy atom. The van der Waals surface area contributed by atoms with Gasteiger partial charge in [-0.25, -0.2) is 4.98 Å². The molecular weight excluding hydrogens is 320 g/mol. The fourth-order valence-corrected chi connectivity index (χ4v) is 2.51. The number of carbonyl (C=O) groups is 1. The van der Waals surface area contributed by atoms with E-state index in [1.165, 1.54) is 12.8 Å². The van der Waals surface area contributed by atoms with E-state index in [0.717, 1.165) is 10.0 Å². The highest BCUT2D eigenvalue weighted by Crippen LogP contribution is 2.32. The van der Waals surface area contributed by atoms with Gasteiger partial charge in [0, 0.05) is 16.1 Å². The second kappa shape index (κ2) is 5.36. The Balaban J connectivity index is 1.74. The molecule has 1 aromatic carbocycles. The molecule has 0 bridgehead atoms. The van der Waals surface area contributed by atoms with E-state index < -0.39 is 0 Å². The van der Waals surface area contributed by atoms with Gasteiger partial charge in [0.05, 0.1) is 0 Å². The van der Waals surface area contributed by atoms with Crippen molar-refractivity contribution in [3.8, 4) is 11.4 Å². The zero-order valence-electron chi connectivity index (χ0n) is 11.1. The lowest BCUT2D eigenvalue weighted by atomic mass is 10.2. The van der Waals surface area contributed by atoms with Gasteiger partial charge >= 0.3 is 0 Å². The lowest BCUT2D eigenvalue weighted by molar-refractivity contribution is 0.0926. The molecule has 0 unspecified atom stereocenters. The largest absolute Gasteiger partial charge is 0.347 e. The number of benzene rings is 1. The SMILES string of the molecule is C[C@H](NC(=O)c1n[nH]c(-c2cccc(Br)c2)n1)C1CC1. The van der Waals surface area contributed by atoms with Gasteiger partial charge in [0.25, 0.3) is 5.91 Å². The summed E-state index contributed by atoms with van der Waals surface area (Å²) in [6.45, 7) is 2.03. The number of aromatic amines is 1. The first-order valence-electron chi connectivity index (χ1n) is 6.62. The Kier molecular flexibility index (Phi) is 3.56. The van der Waals surface area contributed by atoms with Gasteiger partial charge in [-0.15, -0.1) is 5.10 Å². The molecule has 0 aliphatic heterocycles. The van der Waals surface area contributed by atoms with Crippen LogP contribution in [0.1, 0.15) is 30.4 Å². The summed E-state index contributed by atoms with van der Waals surface area (Å²) >= 11 is 3.41. The predicted octanol–water partition coefficient (Wildman–Crippen LogP) is 2.76. The minimum absolute atomic E-state index is 0.187. The van der Waals surface area contributed by atoms with E-state index in [-0.39, 0.29) is 17.8 Å². The first-order valence-corrected chi connectivity index (χ1v) is 7.42. The van der Waals surface area contributed by atoms with Crippen LogP contribution in [-0.2, 0) is 0 Å². The van der Waals surface area contributed by atoms with Gasteiger partial charge < -0.3 is 5.32 Å². The molecule has 1 aliphatic rings. The van der Waals surface area contributed by atoms with E-state index in [0.29, 0.717) is 11.7 Å². The molecule has 1 aromatic heterocycles. The topological polar surface area (TPSA) is 70.7 Å². The molecule has 0 saturated heterocycles. The lowest BCUT2D eigenvalue weighted by Gasteiger charge is -2.10. The van der Waals surface area contributed by atoms with Gasteiger partial charge in [-0.05, 0) is 37.8 Å². The van der Waals surface area contributed by atoms with Crippen LogP contribution in [0.2, 0.25) is 0 Å². The molecule has 1 heterocycles. The van der Waals surface area contributed by atoms with E-state index in [1.807, 2.05) is 31.2 Å². The Morgan fingerprint density at radius 3 is 3.00 bits per heavy atom. The number of halogens is 1. The van der Waals surface area contributed by atoms with Crippen LogP contribution in [0.5, 0.6) is 0 Å². The third-order valence-electron chi connectivity index (χ3n) is 3.47. The predicted molar refractivity (Wildman–Crippen MR) is 79.2 cm³/mol. The molecule has 6 heteroatoms. The van der Waals surface area contributed by atoms with Crippen LogP contribution < -0.4 is 5.32 Å². The van der Waals surface area contributed by atoms with Crippen LogP contribution in [0, 0.1) is 5.92 Å². The minimum atomic E-state index is -0.220. The van der Waals surface area contributed by atoms with Crippen molar-refractivity contribution in [1.82, 2.24) is 20.5 Å². The number of amides is 1. The van der Waals surface area contributed by atoms with Crippen LogP contribution in [0.15, 0.2) is 28.7 Å². The summed E-state index contributed by atoms with van der Waals surface area (Å²) in [4.78, 5) is 16.3. The zero-order chi connectivity index (χ0) is 14.1. The summed E-state index contributed by atoms with van der Waals surface area (Å²) < 4.78 is 0.958. The fourth-order valence-electron chi connectivity index (χ4n) is 2.11. The summed E-state index contributed by atoms with van der Waals surface area (Å²) in [5, 5.41) is 9.74. The molecule has 1 fully saturated rings. The maximum Gasteiger partial charge on any atom is 0.291 e. The third kappa shape index (κ3) is 2.90. The molecule has 2 N–H and O–H groups in total. The zero-order valence-corrected chi connectivity index (χ0v) is 12.6. The van der Waals surface area contributed by atoms with Gasteiger partial charge in [-0.3, -0.25) is 9.89 Å². The van der Waals surface area contributed by atoms with Crippen molar-refractivity contribution in [3.05, 3.63) is 34.6 Å². The number of nitrogens with zero attached hydrogens (tertiary/aromatic N) is 2. The highest BCUT2D eigenvalue weighted by atomic mass is 79.9. The fraction of sp³-hybridized carbons (Fsp3) is 0.357. The van der Waals surface area contributed by atoms with Crippen molar-refractivity contribution in [3.63, 3.8) is 0 Å². The van der Waals surface area contributed by atoms with Crippen molar-refractivity contribution in [2.24, 2.45) is 5.92 Å². The van der Waals surface area contributed by atoms with Crippen molar-refractivity contribution in [1.29, 1.82) is 0 Å². The summed E-state index contributed by atoms with van der Waals surface area (Å²) in [5.41, 5.74) is 0.890. The maximum absolute atomic E-state index is 12.0. The van der Waals surface area contributed by atoms with Gasteiger partial charge in [0.2, 0.25) is 5.82 Å². The molecule has 2 aromatic rings. The second-order valence-corrected chi connectivity index (χ2v) is 6.03. The minimum Gasteiger partial charge on any atom is -0.347 e. The summed E-state index contributed by atoms with van der Waals surface area (Å²) in [7, 11) is 0. The summed E-state index contributed by atoms with van der Waals surface area (Å²) in [6, 6.07) is 7.88. The van der Waals surface area contributed by atoms with E-state index in [1.54, 1.807) is 0 Å². The molecule has 104 valence electrons. The molecule has 0 radical (unpaired) electrons. The van der Waals surface area contributed by atoms with E-state index in [4.69, 9.17) is 0 Å². The first kappa shape index (κ1) is 13.3. The Hall–Kier alpha value is -1.69. The Bertz CT molecular complexity index is 636. The number of rotatable bonds is 4. The molecule has 1 saturated carbocycles. The molecule has 3 rings (SSSR count). The van der Waals surface area contributed by atoms with Gasteiger partial charge in [0.15, 0.2) is 5.82 Å². The van der Waals surface area contributed by atoms with Crippen LogP contribution in [0.3, 0.4) is 0 Å². The quantitative estimate of drug-likeness (QED) is 0.903. The van der Waals surface area contributed by atoms with Crippen LogP contribution >= 0.6 is 15.9 Å². The summed E-state index contributed by atoms with van der Waals surface area (Å²) in [6.07, 6.45) is 2.39. The Labute approximate surface area is 125 Å².